The highest BCUT2D eigenvalue weighted by molar-refractivity contribution is 7.11. The molecule has 2 N–H and O–H groups in total. The first-order chi connectivity index (χ1) is 17.7. The SMILES string of the molecule is CCOC(=O)C1=C(CN2CC(F)CC(/C=C/C(=O)O)C2)NC(c2nccs2)=N[C@H]1c1ccc(F)cc1Cl. The first-order valence-electron chi connectivity index (χ1n) is 11.6. The molecule has 2 aromatic rings. The van der Waals surface area contributed by atoms with E-state index in [9.17, 15) is 18.4 Å². The number of alkyl halides is 1. The molecule has 0 bridgehead atoms. The van der Waals surface area contributed by atoms with Crippen molar-refractivity contribution in [2.24, 2.45) is 10.9 Å². The molecule has 3 atom stereocenters. The zero-order chi connectivity index (χ0) is 26.5. The number of esters is 1. The quantitative estimate of drug-likeness (QED) is 0.376. The molecule has 0 aliphatic carbocycles. The fourth-order valence-electron chi connectivity index (χ4n) is 4.44. The van der Waals surface area contributed by atoms with Crippen LogP contribution < -0.4 is 5.32 Å². The summed E-state index contributed by atoms with van der Waals surface area (Å²) in [6.45, 7) is 2.41. The monoisotopic (exact) mass is 550 g/mol. The Kier molecular flexibility index (Phi) is 8.67. The Morgan fingerprint density at radius 1 is 1.38 bits per heavy atom. The Morgan fingerprint density at radius 3 is 2.86 bits per heavy atom. The van der Waals surface area contributed by atoms with Gasteiger partial charge in [0, 0.05) is 53.6 Å². The normalized spacial score (nSPS) is 22.6. The van der Waals surface area contributed by atoms with Crippen LogP contribution in [0.25, 0.3) is 0 Å². The summed E-state index contributed by atoms with van der Waals surface area (Å²) in [4.78, 5) is 35.0. The van der Waals surface area contributed by atoms with Crippen molar-refractivity contribution in [3.63, 3.8) is 0 Å². The Balaban J connectivity index is 1.76. The van der Waals surface area contributed by atoms with Crippen LogP contribution in [0.3, 0.4) is 0 Å². The van der Waals surface area contributed by atoms with Gasteiger partial charge in [-0.2, -0.15) is 0 Å². The molecule has 3 heterocycles. The number of hydrogen-bond acceptors (Lipinski definition) is 8. The van der Waals surface area contributed by atoms with Gasteiger partial charge in [-0.05, 0) is 31.4 Å². The second kappa shape index (κ2) is 11.9. The van der Waals surface area contributed by atoms with E-state index in [2.05, 4.69) is 10.3 Å². The van der Waals surface area contributed by atoms with Crippen LogP contribution in [0.5, 0.6) is 0 Å². The van der Waals surface area contributed by atoms with Crippen molar-refractivity contribution in [1.29, 1.82) is 0 Å². The number of carbonyl (C=O) groups excluding carboxylic acids is 1. The summed E-state index contributed by atoms with van der Waals surface area (Å²) in [5.41, 5.74) is 1.01. The second-order valence-corrected chi connectivity index (χ2v) is 9.91. The van der Waals surface area contributed by atoms with Crippen molar-refractivity contribution in [1.82, 2.24) is 15.2 Å². The lowest BCUT2D eigenvalue weighted by molar-refractivity contribution is -0.139. The number of carboxylic acid groups (broad SMARTS) is 1. The van der Waals surface area contributed by atoms with Crippen LogP contribution in [-0.2, 0) is 14.3 Å². The number of aromatic nitrogens is 1. The molecule has 2 unspecified atom stereocenters. The number of piperidine rings is 1. The Morgan fingerprint density at radius 2 is 2.19 bits per heavy atom. The molecule has 0 saturated carbocycles. The molecule has 12 heteroatoms. The highest BCUT2D eigenvalue weighted by atomic mass is 35.5. The molecule has 8 nitrogen and oxygen atoms in total. The minimum absolute atomic E-state index is 0.0935. The molecule has 0 radical (unpaired) electrons. The van der Waals surface area contributed by atoms with Crippen LogP contribution in [0.1, 0.15) is 30.0 Å². The summed E-state index contributed by atoms with van der Waals surface area (Å²) in [6.07, 6.45) is 3.15. The molecule has 1 aromatic heterocycles. The van der Waals surface area contributed by atoms with Gasteiger partial charge < -0.3 is 15.2 Å². The average Bonchev–Trinajstić information content (AvgIpc) is 3.37. The molecule has 2 aliphatic heterocycles. The zero-order valence-electron chi connectivity index (χ0n) is 19.9. The van der Waals surface area contributed by atoms with Gasteiger partial charge in [-0.1, -0.05) is 23.7 Å². The van der Waals surface area contributed by atoms with E-state index in [1.165, 1.54) is 29.5 Å². The Hall–Kier alpha value is -3.15. The maximum Gasteiger partial charge on any atom is 0.338 e. The fourth-order valence-corrected chi connectivity index (χ4v) is 5.30. The number of hydrogen-bond donors (Lipinski definition) is 2. The van der Waals surface area contributed by atoms with Gasteiger partial charge in [-0.3, -0.25) is 9.89 Å². The van der Waals surface area contributed by atoms with Gasteiger partial charge in [0.1, 0.15) is 18.0 Å². The molecule has 0 spiro atoms. The third-order valence-electron chi connectivity index (χ3n) is 5.91. The van der Waals surface area contributed by atoms with Crippen molar-refractivity contribution in [3.8, 4) is 0 Å². The molecule has 196 valence electrons. The van der Waals surface area contributed by atoms with Crippen LogP contribution in [0.4, 0.5) is 8.78 Å². The van der Waals surface area contributed by atoms with E-state index in [4.69, 9.17) is 26.4 Å². The lowest BCUT2D eigenvalue weighted by Gasteiger charge is -2.36. The van der Waals surface area contributed by atoms with Crippen LogP contribution in [0.15, 0.2) is 58.2 Å². The number of aliphatic carboxylic acids is 1. The number of aliphatic imine (C=N–C) groups is 1. The minimum Gasteiger partial charge on any atom is -0.478 e. The summed E-state index contributed by atoms with van der Waals surface area (Å²) in [6, 6.07) is 2.94. The van der Waals surface area contributed by atoms with Gasteiger partial charge in [0.25, 0.3) is 0 Å². The number of rotatable bonds is 8. The summed E-state index contributed by atoms with van der Waals surface area (Å²) in [5, 5.41) is 14.6. The maximum absolute atomic E-state index is 14.6. The first-order valence-corrected chi connectivity index (χ1v) is 12.9. The number of nitrogens with one attached hydrogen (secondary N) is 1. The van der Waals surface area contributed by atoms with Crippen molar-refractivity contribution in [2.75, 3.05) is 26.2 Å². The zero-order valence-corrected chi connectivity index (χ0v) is 21.4. The lowest BCUT2D eigenvalue weighted by Crippen LogP contribution is -2.45. The van der Waals surface area contributed by atoms with Crippen LogP contribution in [-0.4, -0.2) is 65.2 Å². The largest absolute Gasteiger partial charge is 0.478 e. The minimum atomic E-state index is -1.18. The number of amidine groups is 1. The predicted octanol–water partition coefficient (Wildman–Crippen LogP) is 4.14. The van der Waals surface area contributed by atoms with E-state index in [0.29, 0.717) is 28.6 Å². The summed E-state index contributed by atoms with van der Waals surface area (Å²) < 4.78 is 33.8. The first kappa shape index (κ1) is 26.9. The Labute approximate surface area is 221 Å². The third-order valence-corrected chi connectivity index (χ3v) is 7.02. The molecular formula is C25H25ClF2N4O4S. The van der Waals surface area contributed by atoms with E-state index in [-0.39, 0.29) is 42.6 Å². The number of benzene rings is 1. The molecular weight excluding hydrogens is 526 g/mol. The number of thiazole rings is 1. The number of halogens is 3. The van der Waals surface area contributed by atoms with Crippen LogP contribution in [0, 0.1) is 11.7 Å². The highest BCUT2D eigenvalue weighted by Gasteiger charge is 2.36. The topological polar surface area (TPSA) is 104 Å². The van der Waals surface area contributed by atoms with Gasteiger partial charge in [-0.25, -0.2) is 23.4 Å². The summed E-state index contributed by atoms with van der Waals surface area (Å²) in [7, 11) is 0. The molecule has 1 saturated heterocycles. The number of nitrogens with zero attached hydrogens (tertiary/aromatic N) is 3. The van der Waals surface area contributed by atoms with Gasteiger partial charge in [0.2, 0.25) is 0 Å². The summed E-state index contributed by atoms with van der Waals surface area (Å²) in [5.74, 6) is -2.19. The van der Waals surface area contributed by atoms with E-state index < -0.39 is 30.0 Å². The van der Waals surface area contributed by atoms with Crippen molar-refractivity contribution < 1.29 is 28.2 Å². The van der Waals surface area contributed by atoms with Gasteiger partial charge in [-0.15, -0.1) is 11.3 Å². The van der Waals surface area contributed by atoms with E-state index in [1.54, 1.807) is 23.4 Å². The second-order valence-electron chi connectivity index (χ2n) is 8.61. The van der Waals surface area contributed by atoms with Crippen LogP contribution in [0.2, 0.25) is 5.02 Å². The standard InChI is InChI=1S/C25H25ClF2N4O4S/c1-2-36-25(35)21-19(13-32-11-14(3-6-20(33)34)9-16(28)12-32)30-23(24-29-7-8-37-24)31-22(21)17-5-4-15(27)10-18(17)26/h3-8,10,14,16,22H,2,9,11-13H2,1H3,(H,30,31)(H,33,34)/b6-3+/t14?,16?,22-/m0/s1. The fraction of sp³-hybridized carbons (Fsp3) is 0.360. The number of carbonyl (C=O) groups is 2. The van der Waals surface area contributed by atoms with Crippen LogP contribution >= 0.6 is 22.9 Å². The van der Waals surface area contributed by atoms with E-state index in [1.807, 2.05) is 0 Å². The molecule has 0 amide bonds. The predicted molar refractivity (Wildman–Crippen MR) is 136 cm³/mol. The van der Waals surface area contributed by atoms with E-state index >= 15 is 0 Å². The molecule has 1 fully saturated rings. The number of likely N-dealkylation sites (tertiary alicyclic amines) is 1. The van der Waals surface area contributed by atoms with Crippen molar-refractivity contribution >= 4 is 40.7 Å². The van der Waals surface area contributed by atoms with Crippen molar-refractivity contribution in [2.45, 2.75) is 25.6 Å². The molecule has 4 rings (SSSR count). The maximum atomic E-state index is 14.6. The number of carboxylic acids is 1. The lowest BCUT2D eigenvalue weighted by atomic mass is 9.93. The van der Waals surface area contributed by atoms with Crippen molar-refractivity contribution in [3.05, 3.63) is 74.6 Å². The third kappa shape index (κ3) is 6.60. The smallest absolute Gasteiger partial charge is 0.338 e. The highest BCUT2D eigenvalue weighted by Crippen LogP contribution is 2.37. The van der Waals surface area contributed by atoms with Gasteiger partial charge in [0.05, 0.1) is 12.2 Å². The number of ether oxygens (including phenoxy) is 1. The Bertz CT molecular complexity index is 1250. The molecule has 37 heavy (non-hydrogen) atoms. The molecule has 1 aromatic carbocycles. The van der Waals surface area contributed by atoms with Gasteiger partial charge >= 0.3 is 11.9 Å². The van der Waals surface area contributed by atoms with Gasteiger partial charge in [0.15, 0.2) is 10.8 Å². The average molecular weight is 551 g/mol. The molecule has 2 aliphatic rings. The van der Waals surface area contributed by atoms with E-state index in [0.717, 1.165) is 12.1 Å². The summed E-state index contributed by atoms with van der Waals surface area (Å²) >= 11 is 7.72.